The van der Waals surface area contributed by atoms with E-state index in [0.717, 1.165) is 0 Å². The Morgan fingerprint density at radius 2 is 2.28 bits per heavy atom. The maximum atomic E-state index is 11.4. The molecular formula is C9H7Cl2N5O2. The van der Waals surface area contributed by atoms with Crippen LogP contribution in [-0.4, -0.2) is 33.1 Å². The van der Waals surface area contributed by atoms with Crippen LogP contribution in [0.2, 0.25) is 10.0 Å². The van der Waals surface area contributed by atoms with Crippen LogP contribution in [0.5, 0.6) is 5.75 Å². The first-order valence-corrected chi connectivity index (χ1v) is 5.52. The number of carbonyl (C=O) groups excluding carboxylic acids is 1. The second kappa shape index (κ2) is 5.65. The average molecular weight is 288 g/mol. The molecule has 2 rings (SSSR count). The molecule has 2 N–H and O–H groups in total. The number of anilines is 1. The van der Waals surface area contributed by atoms with Crippen LogP contribution >= 0.6 is 23.2 Å². The minimum absolute atomic E-state index is 0.0748. The Kier molecular flexibility index (Phi) is 3.96. The van der Waals surface area contributed by atoms with Gasteiger partial charge < -0.3 is 4.74 Å². The molecule has 0 radical (unpaired) electrons. The third-order valence-corrected chi connectivity index (χ3v) is 2.38. The van der Waals surface area contributed by atoms with E-state index >= 15 is 0 Å². The lowest BCUT2D eigenvalue weighted by Crippen LogP contribution is -2.21. The van der Waals surface area contributed by atoms with Crippen LogP contribution in [0.4, 0.5) is 5.95 Å². The van der Waals surface area contributed by atoms with Gasteiger partial charge in [-0.3, -0.25) is 10.1 Å². The highest BCUT2D eigenvalue weighted by atomic mass is 35.5. The number of hydrogen-bond donors (Lipinski definition) is 2. The zero-order chi connectivity index (χ0) is 13.0. The number of halogens is 2. The number of H-pyrrole nitrogens is 1. The average Bonchev–Trinajstić information content (AvgIpc) is 2.80. The van der Waals surface area contributed by atoms with Crippen molar-refractivity contribution in [1.29, 1.82) is 0 Å². The molecular weight excluding hydrogens is 281 g/mol. The summed E-state index contributed by atoms with van der Waals surface area (Å²) in [4.78, 5) is 11.4. The van der Waals surface area contributed by atoms with Crippen molar-refractivity contribution in [3.8, 4) is 5.75 Å². The van der Waals surface area contributed by atoms with Gasteiger partial charge in [-0.2, -0.15) is 5.21 Å². The Bertz CT molecular complexity index is 546. The third kappa shape index (κ3) is 3.31. The number of carbonyl (C=O) groups is 1. The van der Waals surface area contributed by atoms with Crippen molar-refractivity contribution in [3.05, 3.63) is 28.2 Å². The van der Waals surface area contributed by atoms with Gasteiger partial charge in [-0.1, -0.05) is 28.3 Å². The van der Waals surface area contributed by atoms with E-state index in [1.165, 1.54) is 6.07 Å². The van der Waals surface area contributed by atoms with Gasteiger partial charge in [0.15, 0.2) is 6.61 Å². The maximum Gasteiger partial charge on any atom is 0.269 e. The number of aromatic nitrogens is 4. The van der Waals surface area contributed by atoms with Gasteiger partial charge in [0, 0.05) is 5.02 Å². The van der Waals surface area contributed by atoms with Crippen LogP contribution in [0, 0.1) is 0 Å². The van der Waals surface area contributed by atoms with Crippen LogP contribution in [0.1, 0.15) is 0 Å². The van der Waals surface area contributed by atoms with Gasteiger partial charge in [0.1, 0.15) is 5.75 Å². The molecule has 18 heavy (non-hydrogen) atoms. The highest BCUT2D eigenvalue weighted by Crippen LogP contribution is 2.27. The van der Waals surface area contributed by atoms with Gasteiger partial charge in [0.2, 0.25) is 0 Å². The molecule has 0 unspecified atom stereocenters. The van der Waals surface area contributed by atoms with E-state index in [2.05, 4.69) is 25.9 Å². The second-order valence-electron chi connectivity index (χ2n) is 3.15. The summed E-state index contributed by atoms with van der Waals surface area (Å²) in [6.07, 6.45) is 0. The molecule has 0 saturated carbocycles. The molecule has 0 aliphatic rings. The highest BCUT2D eigenvalue weighted by Gasteiger charge is 2.08. The normalized spacial score (nSPS) is 10.1. The maximum absolute atomic E-state index is 11.4. The summed E-state index contributed by atoms with van der Waals surface area (Å²) in [5.41, 5.74) is 0. The Balaban J connectivity index is 1.89. The molecule has 0 atom stereocenters. The molecule has 7 nitrogen and oxygen atoms in total. The fourth-order valence-electron chi connectivity index (χ4n) is 1.11. The number of benzene rings is 1. The van der Waals surface area contributed by atoms with E-state index in [1.807, 2.05) is 0 Å². The second-order valence-corrected chi connectivity index (χ2v) is 3.99. The number of ether oxygens (including phenoxy) is 1. The third-order valence-electron chi connectivity index (χ3n) is 1.85. The van der Waals surface area contributed by atoms with Crippen molar-refractivity contribution >= 4 is 35.1 Å². The molecule has 9 heteroatoms. The lowest BCUT2D eigenvalue weighted by molar-refractivity contribution is -0.118. The Morgan fingerprint density at radius 1 is 1.44 bits per heavy atom. The SMILES string of the molecule is O=C(COc1ccc(Cl)cc1Cl)Nc1nn[nH]n1. The topological polar surface area (TPSA) is 92.8 Å². The van der Waals surface area contributed by atoms with E-state index in [1.54, 1.807) is 12.1 Å². The predicted molar refractivity (Wildman–Crippen MR) is 64.8 cm³/mol. The van der Waals surface area contributed by atoms with Gasteiger partial charge in [0.05, 0.1) is 5.02 Å². The van der Waals surface area contributed by atoms with Crippen molar-refractivity contribution < 1.29 is 9.53 Å². The predicted octanol–water partition coefficient (Wildman–Crippen LogP) is 1.52. The number of aromatic amines is 1. The molecule has 0 saturated heterocycles. The van der Waals surface area contributed by atoms with Crippen LogP contribution in [0.15, 0.2) is 18.2 Å². The molecule has 0 aliphatic heterocycles. The molecule has 0 spiro atoms. The van der Waals surface area contributed by atoms with E-state index in [-0.39, 0.29) is 12.6 Å². The quantitative estimate of drug-likeness (QED) is 0.889. The monoisotopic (exact) mass is 287 g/mol. The molecule has 0 fully saturated rings. The van der Waals surface area contributed by atoms with Gasteiger partial charge in [0.25, 0.3) is 11.9 Å². The van der Waals surface area contributed by atoms with Gasteiger partial charge in [-0.25, -0.2) is 0 Å². The minimum atomic E-state index is -0.428. The molecule has 1 aromatic heterocycles. The number of nitrogens with one attached hydrogen (secondary N) is 2. The molecule has 0 bridgehead atoms. The molecule has 1 amide bonds. The highest BCUT2D eigenvalue weighted by molar-refractivity contribution is 6.35. The van der Waals surface area contributed by atoms with Crippen LogP contribution in [-0.2, 0) is 4.79 Å². The summed E-state index contributed by atoms with van der Waals surface area (Å²) in [5.74, 6) is 0.0116. The summed E-state index contributed by atoms with van der Waals surface area (Å²) >= 11 is 11.6. The van der Waals surface area contributed by atoms with Crippen molar-refractivity contribution in [2.45, 2.75) is 0 Å². The molecule has 0 aliphatic carbocycles. The molecule has 1 heterocycles. The molecule has 94 valence electrons. The Labute approximate surface area is 111 Å². The summed E-state index contributed by atoms with van der Waals surface area (Å²) in [5, 5.41) is 15.8. The first-order valence-electron chi connectivity index (χ1n) is 4.76. The van der Waals surface area contributed by atoms with Crippen molar-refractivity contribution in [2.24, 2.45) is 0 Å². The van der Waals surface area contributed by atoms with E-state index in [0.29, 0.717) is 15.8 Å². The number of hydrogen-bond acceptors (Lipinski definition) is 5. The van der Waals surface area contributed by atoms with Crippen LogP contribution < -0.4 is 10.1 Å². The zero-order valence-electron chi connectivity index (χ0n) is 8.85. The number of amides is 1. The van der Waals surface area contributed by atoms with Gasteiger partial charge in [-0.15, -0.1) is 5.10 Å². The van der Waals surface area contributed by atoms with E-state index in [4.69, 9.17) is 27.9 Å². The first kappa shape index (κ1) is 12.6. The van der Waals surface area contributed by atoms with E-state index in [9.17, 15) is 4.79 Å². The summed E-state index contributed by atoms with van der Waals surface area (Å²) in [6, 6.07) is 4.71. The summed E-state index contributed by atoms with van der Waals surface area (Å²) in [6.45, 7) is -0.226. The number of tetrazole rings is 1. The lowest BCUT2D eigenvalue weighted by atomic mass is 10.3. The largest absolute Gasteiger partial charge is 0.482 e. The Hall–Kier alpha value is -1.86. The fraction of sp³-hybridized carbons (Fsp3) is 0.111. The smallest absolute Gasteiger partial charge is 0.269 e. The number of nitrogens with zero attached hydrogens (tertiary/aromatic N) is 3. The van der Waals surface area contributed by atoms with Crippen molar-refractivity contribution in [3.63, 3.8) is 0 Å². The number of rotatable bonds is 4. The zero-order valence-corrected chi connectivity index (χ0v) is 10.4. The van der Waals surface area contributed by atoms with E-state index < -0.39 is 5.91 Å². The fourth-order valence-corrected chi connectivity index (χ4v) is 1.57. The molecule has 1 aromatic carbocycles. The van der Waals surface area contributed by atoms with Crippen LogP contribution in [0.3, 0.4) is 0 Å². The van der Waals surface area contributed by atoms with Gasteiger partial charge in [-0.05, 0) is 23.4 Å². The molecule has 2 aromatic rings. The minimum Gasteiger partial charge on any atom is -0.482 e. The van der Waals surface area contributed by atoms with Crippen molar-refractivity contribution in [1.82, 2.24) is 20.6 Å². The van der Waals surface area contributed by atoms with Crippen LogP contribution in [0.25, 0.3) is 0 Å². The van der Waals surface area contributed by atoms with Gasteiger partial charge >= 0.3 is 0 Å². The summed E-state index contributed by atoms with van der Waals surface area (Å²) < 4.78 is 5.21. The first-order chi connectivity index (χ1) is 8.65. The van der Waals surface area contributed by atoms with Crippen molar-refractivity contribution in [2.75, 3.05) is 11.9 Å². The summed E-state index contributed by atoms with van der Waals surface area (Å²) in [7, 11) is 0. The lowest BCUT2D eigenvalue weighted by Gasteiger charge is -2.07. The Morgan fingerprint density at radius 3 is 2.94 bits per heavy atom. The standard InChI is InChI=1S/C9H7Cl2N5O2/c10-5-1-2-7(6(11)3-5)18-4-8(17)12-9-13-15-16-14-9/h1-3H,4H2,(H2,12,13,14,15,16,17).